The molecule has 1 aliphatic heterocycles. The molecule has 1 aliphatic rings. The van der Waals surface area contributed by atoms with Crippen molar-refractivity contribution < 1.29 is 4.52 Å². The maximum atomic E-state index is 5.18. The second-order valence-electron chi connectivity index (χ2n) is 4.90. The van der Waals surface area contributed by atoms with E-state index in [1.807, 2.05) is 18.6 Å². The van der Waals surface area contributed by atoms with Gasteiger partial charge in [-0.05, 0) is 12.0 Å². The van der Waals surface area contributed by atoms with Gasteiger partial charge in [0.25, 0.3) is 0 Å². The Hall–Kier alpha value is -2.56. The lowest BCUT2D eigenvalue weighted by atomic mass is 10.1. The lowest BCUT2D eigenvalue weighted by Gasteiger charge is -2.11. The number of para-hydroxylation sites is 1. The molecule has 0 bridgehead atoms. The van der Waals surface area contributed by atoms with E-state index in [0.29, 0.717) is 6.54 Å². The molecule has 0 fully saturated rings. The molecular formula is C15H14N4O. The van der Waals surface area contributed by atoms with E-state index < -0.39 is 0 Å². The summed E-state index contributed by atoms with van der Waals surface area (Å²) in [5, 5.41) is 7.21. The molecule has 20 heavy (non-hydrogen) atoms. The van der Waals surface area contributed by atoms with Crippen LogP contribution in [0.15, 0.2) is 47.5 Å². The van der Waals surface area contributed by atoms with E-state index in [-0.39, 0.29) is 0 Å². The van der Waals surface area contributed by atoms with Gasteiger partial charge >= 0.3 is 0 Å². The van der Waals surface area contributed by atoms with Crippen LogP contribution >= 0.6 is 0 Å². The average Bonchev–Trinajstić information content (AvgIpc) is 3.19. The summed E-state index contributed by atoms with van der Waals surface area (Å²) in [5.41, 5.74) is 4.88. The molecule has 3 aromatic rings. The molecule has 0 unspecified atom stereocenters. The van der Waals surface area contributed by atoms with Crippen LogP contribution in [0, 0.1) is 0 Å². The van der Waals surface area contributed by atoms with Gasteiger partial charge in [-0.3, -0.25) is 0 Å². The van der Waals surface area contributed by atoms with Crippen LogP contribution in [0.1, 0.15) is 11.3 Å². The van der Waals surface area contributed by atoms with Crippen molar-refractivity contribution in [2.75, 3.05) is 11.9 Å². The van der Waals surface area contributed by atoms with E-state index in [2.05, 4.69) is 38.2 Å². The monoisotopic (exact) mass is 266 g/mol. The van der Waals surface area contributed by atoms with Crippen molar-refractivity contribution in [3.8, 4) is 11.3 Å². The number of imidazole rings is 1. The summed E-state index contributed by atoms with van der Waals surface area (Å²) in [7, 11) is 0. The molecule has 100 valence electrons. The number of hydrogen-bond acceptors (Lipinski definition) is 4. The van der Waals surface area contributed by atoms with Gasteiger partial charge in [-0.1, -0.05) is 23.4 Å². The number of benzene rings is 1. The molecule has 0 amide bonds. The highest BCUT2D eigenvalue weighted by molar-refractivity contribution is 5.79. The molecular weight excluding hydrogens is 252 g/mol. The quantitative estimate of drug-likeness (QED) is 0.791. The average molecular weight is 266 g/mol. The third-order valence-corrected chi connectivity index (χ3v) is 3.65. The number of nitrogens with one attached hydrogen (secondary N) is 1. The van der Waals surface area contributed by atoms with Gasteiger partial charge in [0.1, 0.15) is 0 Å². The lowest BCUT2D eigenvalue weighted by molar-refractivity contribution is 0.377. The second kappa shape index (κ2) is 4.52. The Balaban J connectivity index is 1.77. The molecule has 0 saturated carbocycles. The lowest BCUT2D eigenvalue weighted by Crippen LogP contribution is -2.01. The van der Waals surface area contributed by atoms with Crippen LogP contribution in [0.2, 0.25) is 0 Å². The standard InChI is InChI=1S/C15H14N4O/c1-2-11-4-6-17-15(11)13(3-1)14-8-16-10-19(14)9-12-5-7-18-20-12/h1-3,5,7-8,10,17H,4,6,9H2. The summed E-state index contributed by atoms with van der Waals surface area (Å²) in [6.45, 7) is 1.64. The van der Waals surface area contributed by atoms with Crippen molar-refractivity contribution >= 4 is 5.69 Å². The first-order valence-electron chi connectivity index (χ1n) is 6.67. The fourth-order valence-electron chi connectivity index (χ4n) is 2.72. The Bertz CT molecular complexity index is 730. The number of aromatic nitrogens is 3. The minimum absolute atomic E-state index is 0.638. The molecule has 3 heterocycles. The van der Waals surface area contributed by atoms with Crippen molar-refractivity contribution in [1.29, 1.82) is 0 Å². The summed E-state index contributed by atoms with van der Waals surface area (Å²) in [6, 6.07) is 8.28. The zero-order chi connectivity index (χ0) is 13.4. The smallest absolute Gasteiger partial charge is 0.156 e. The third kappa shape index (κ3) is 1.79. The first-order valence-corrected chi connectivity index (χ1v) is 6.67. The number of fused-ring (bicyclic) bond motifs is 1. The van der Waals surface area contributed by atoms with Gasteiger partial charge < -0.3 is 14.4 Å². The van der Waals surface area contributed by atoms with Gasteiger partial charge in [-0.25, -0.2) is 4.98 Å². The Morgan fingerprint density at radius 1 is 1.30 bits per heavy atom. The number of rotatable bonds is 3. The van der Waals surface area contributed by atoms with Gasteiger partial charge in [-0.15, -0.1) is 0 Å². The van der Waals surface area contributed by atoms with Crippen molar-refractivity contribution in [3.05, 3.63) is 54.3 Å². The summed E-state index contributed by atoms with van der Waals surface area (Å²) in [4.78, 5) is 4.28. The first kappa shape index (κ1) is 11.3. The maximum absolute atomic E-state index is 5.18. The topological polar surface area (TPSA) is 55.9 Å². The minimum atomic E-state index is 0.638. The predicted octanol–water partition coefficient (Wildman–Crippen LogP) is 2.55. The van der Waals surface area contributed by atoms with Crippen LogP contribution in [0.4, 0.5) is 5.69 Å². The van der Waals surface area contributed by atoms with Crippen molar-refractivity contribution in [2.45, 2.75) is 13.0 Å². The normalized spacial score (nSPS) is 13.2. The molecule has 0 aliphatic carbocycles. The van der Waals surface area contributed by atoms with Gasteiger partial charge in [-0.2, -0.15) is 0 Å². The van der Waals surface area contributed by atoms with E-state index in [1.165, 1.54) is 16.8 Å². The molecule has 5 nitrogen and oxygen atoms in total. The fourth-order valence-corrected chi connectivity index (χ4v) is 2.72. The molecule has 4 rings (SSSR count). The Morgan fingerprint density at radius 3 is 3.20 bits per heavy atom. The highest BCUT2D eigenvalue weighted by atomic mass is 16.5. The summed E-state index contributed by atoms with van der Waals surface area (Å²) < 4.78 is 7.26. The van der Waals surface area contributed by atoms with E-state index in [9.17, 15) is 0 Å². The second-order valence-corrected chi connectivity index (χ2v) is 4.90. The fraction of sp³-hybridized carbons (Fsp3) is 0.200. The van der Waals surface area contributed by atoms with E-state index in [0.717, 1.165) is 24.4 Å². The highest BCUT2D eigenvalue weighted by Gasteiger charge is 2.17. The molecule has 0 atom stereocenters. The number of hydrogen-bond donors (Lipinski definition) is 1. The Morgan fingerprint density at radius 2 is 2.30 bits per heavy atom. The van der Waals surface area contributed by atoms with Crippen LogP contribution in [0.3, 0.4) is 0 Å². The molecule has 1 N–H and O–H groups in total. The first-order chi connectivity index (χ1) is 9.92. The van der Waals surface area contributed by atoms with Gasteiger partial charge in [0.2, 0.25) is 0 Å². The number of nitrogens with zero attached hydrogens (tertiary/aromatic N) is 3. The third-order valence-electron chi connectivity index (χ3n) is 3.65. The van der Waals surface area contributed by atoms with Crippen LogP contribution in [-0.4, -0.2) is 21.3 Å². The summed E-state index contributed by atoms with van der Waals surface area (Å²) in [5.74, 6) is 0.824. The largest absolute Gasteiger partial charge is 0.384 e. The summed E-state index contributed by atoms with van der Waals surface area (Å²) in [6.07, 6.45) is 6.46. The zero-order valence-corrected chi connectivity index (χ0v) is 10.9. The summed E-state index contributed by atoms with van der Waals surface area (Å²) >= 11 is 0. The van der Waals surface area contributed by atoms with E-state index >= 15 is 0 Å². The number of anilines is 1. The molecule has 1 aromatic carbocycles. The minimum Gasteiger partial charge on any atom is -0.384 e. The SMILES string of the molecule is c1cc2c(c(-c3cncn3Cc3ccno3)c1)NCC2. The highest BCUT2D eigenvalue weighted by Crippen LogP contribution is 2.34. The van der Waals surface area contributed by atoms with Crippen molar-refractivity contribution in [3.63, 3.8) is 0 Å². The Labute approximate surface area is 116 Å². The van der Waals surface area contributed by atoms with Crippen LogP contribution in [0.5, 0.6) is 0 Å². The van der Waals surface area contributed by atoms with Crippen LogP contribution in [-0.2, 0) is 13.0 Å². The molecule has 0 spiro atoms. The Kier molecular flexibility index (Phi) is 2.55. The molecule has 2 aromatic heterocycles. The van der Waals surface area contributed by atoms with Gasteiger partial charge in [0.05, 0.1) is 31.0 Å². The van der Waals surface area contributed by atoms with E-state index in [4.69, 9.17) is 4.52 Å². The van der Waals surface area contributed by atoms with Crippen LogP contribution in [0.25, 0.3) is 11.3 Å². The van der Waals surface area contributed by atoms with Crippen LogP contribution < -0.4 is 5.32 Å². The molecule has 0 radical (unpaired) electrons. The predicted molar refractivity (Wildman–Crippen MR) is 75.5 cm³/mol. The van der Waals surface area contributed by atoms with E-state index in [1.54, 1.807) is 6.20 Å². The zero-order valence-electron chi connectivity index (χ0n) is 10.9. The van der Waals surface area contributed by atoms with Gasteiger partial charge in [0, 0.05) is 23.9 Å². The van der Waals surface area contributed by atoms with Crippen molar-refractivity contribution in [1.82, 2.24) is 14.7 Å². The maximum Gasteiger partial charge on any atom is 0.156 e. The van der Waals surface area contributed by atoms with Crippen molar-refractivity contribution in [2.24, 2.45) is 0 Å². The molecule has 0 saturated heterocycles. The van der Waals surface area contributed by atoms with Gasteiger partial charge in [0.15, 0.2) is 5.76 Å². The molecule has 5 heteroatoms.